The summed E-state index contributed by atoms with van der Waals surface area (Å²) in [6, 6.07) is 1.92. The second kappa shape index (κ2) is 4.19. The Morgan fingerprint density at radius 2 is 2.35 bits per heavy atom. The van der Waals surface area contributed by atoms with Crippen molar-refractivity contribution in [2.45, 2.75) is 24.7 Å². The first-order valence-corrected chi connectivity index (χ1v) is 7.24. The van der Waals surface area contributed by atoms with Crippen LogP contribution in [0, 0.1) is 0 Å². The normalized spacial score (nSPS) is 25.6. The number of ether oxygens (including phenoxy) is 2. The predicted molar refractivity (Wildman–Crippen MR) is 68.7 cm³/mol. The number of halogens is 1. The molecule has 1 unspecified atom stereocenters. The van der Waals surface area contributed by atoms with Gasteiger partial charge in [0.05, 0.1) is 18.4 Å². The highest BCUT2D eigenvalue weighted by Gasteiger charge is 2.50. The van der Waals surface area contributed by atoms with Crippen LogP contribution >= 0.6 is 22.6 Å². The van der Waals surface area contributed by atoms with Crippen LogP contribution in [0.1, 0.15) is 24.4 Å². The number of carbonyl (C=O) groups is 1. The minimum absolute atomic E-state index is 0.130. The molecule has 3 heterocycles. The first-order valence-electron chi connectivity index (χ1n) is 5.71. The van der Waals surface area contributed by atoms with E-state index in [0.29, 0.717) is 13.0 Å². The van der Waals surface area contributed by atoms with Gasteiger partial charge >= 0.3 is 5.97 Å². The molecule has 3 rings (SSSR count). The minimum Gasteiger partial charge on any atom is -0.490 e. The number of hydrogen-bond acceptors (Lipinski definition) is 4. The van der Waals surface area contributed by atoms with Gasteiger partial charge in [0.25, 0.3) is 0 Å². The van der Waals surface area contributed by atoms with E-state index in [4.69, 9.17) is 13.9 Å². The summed E-state index contributed by atoms with van der Waals surface area (Å²) in [5.74, 6) is 2.43. The Balaban J connectivity index is 1.73. The SMILES string of the molecule is O=C1CC2(CO1)Cc1oc2cc1OCCCI. The van der Waals surface area contributed by atoms with Crippen molar-refractivity contribution in [3.63, 3.8) is 0 Å². The highest BCUT2D eigenvalue weighted by Crippen LogP contribution is 2.48. The maximum Gasteiger partial charge on any atom is 0.306 e. The largest absolute Gasteiger partial charge is 0.490 e. The van der Waals surface area contributed by atoms with Gasteiger partial charge in [-0.05, 0) is 6.42 Å². The first-order chi connectivity index (χ1) is 8.23. The van der Waals surface area contributed by atoms with Crippen molar-refractivity contribution in [1.82, 2.24) is 0 Å². The molecule has 2 aliphatic rings. The van der Waals surface area contributed by atoms with Crippen LogP contribution in [-0.4, -0.2) is 23.6 Å². The predicted octanol–water partition coefficient (Wildman–Crippen LogP) is 2.22. The Bertz CT molecular complexity index is 453. The summed E-state index contributed by atoms with van der Waals surface area (Å²) in [5, 5.41) is 0. The molecule has 1 aromatic heterocycles. The molecule has 17 heavy (non-hydrogen) atoms. The van der Waals surface area contributed by atoms with Crippen LogP contribution in [0.3, 0.4) is 0 Å². The third-order valence-corrected chi connectivity index (χ3v) is 4.08. The van der Waals surface area contributed by atoms with Crippen molar-refractivity contribution >= 4 is 28.6 Å². The number of carbonyl (C=O) groups excluding carboxylic acids is 1. The lowest BCUT2D eigenvalue weighted by Gasteiger charge is -2.19. The van der Waals surface area contributed by atoms with Crippen LogP contribution in [0.5, 0.6) is 5.75 Å². The standard InChI is InChI=1S/C12H13IO4/c13-2-1-3-15-8-4-10-12(5-9(8)17-10)6-11(14)16-7-12/h4H,1-3,5-7H2. The summed E-state index contributed by atoms with van der Waals surface area (Å²) < 4.78 is 17.5. The van der Waals surface area contributed by atoms with Gasteiger partial charge in [0.1, 0.15) is 18.1 Å². The molecule has 1 saturated heterocycles. The number of furan rings is 1. The van der Waals surface area contributed by atoms with E-state index in [1.807, 2.05) is 6.07 Å². The Labute approximate surface area is 113 Å². The van der Waals surface area contributed by atoms with Gasteiger partial charge in [-0.1, -0.05) is 22.6 Å². The fourth-order valence-electron chi connectivity index (χ4n) is 2.42. The molecule has 0 N–H and O–H groups in total. The molecule has 2 bridgehead atoms. The molecular formula is C12H13IO4. The van der Waals surface area contributed by atoms with Gasteiger partial charge in [-0.25, -0.2) is 0 Å². The minimum atomic E-state index is -0.220. The van der Waals surface area contributed by atoms with E-state index >= 15 is 0 Å². The summed E-state index contributed by atoms with van der Waals surface area (Å²) in [7, 11) is 0. The topological polar surface area (TPSA) is 48.7 Å². The molecule has 1 atom stereocenters. The molecule has 4 nitrogen and oxygen atoms in total. The van der Waals surface area contributed by atoms with Gasteiger partial charge in [0.15, 0.2) is 5.75 Å². The summed E-state index contributed by atoms with van der Waals surface area (Å²) in [6.45, 7) is 1.17. The van der Waals surface area contributed by atoms with Crippen LogP contribution in [-0.2, 0) is 21.4 Å². The number of cyclic esters (lactones) is 1. The molecule has 0 aliphatic carbocycles. The molecule has 5 heteroatoms. The molecular weight excluding hydrogens is 335 g/mol. The van der Waals surface area contributed by atoms with E-state index in [0.717, 1.165) is 41.1 Å². The van der Waals surface area contributed by atoms with Gasteiger partial charge in [0, 0.05) is 16.9 Å². The second-order valence-corrected chi connectivity index (χ2v) is 5.66. The van der Waals surface area contributed by atoms with Crippen LogP contribution in [0.15, 0.2) is 10.5 Å². The Hall–Kier alpha value is -0.720. The van der Waals surface area contributed by atoms with Gasteiger partial charge in [0.2, 0.25) is 0 Å². The van der Waals surface area contributed by atoms with E-state index in [1.165, 1.54) is 0 Å². The fourth-order valence-corrected chi connectivity index (χ4v) is 2.73. The zero-order valence-electron chi connectivity index (χ0n) is 9.33. The maximum absolute atomic E-state index is 11.2. The lowest BCUT2D eigenvalue weighted by Crippen LogP contribution is -2.27. The van der Waals surface area contributed by atoms with E-state index < -0.39 is 0 Å². The molecule has 92 valence electrons. The average Bonchev–Trinajstić information content (AvgIpc) is 2.95. The first kappa shape index (κ1) is 11.4. The highest BCUT2D eigenvalue weighted by atomic mass is 127. The van der Waals surface area contributed by atoms with Crippen molar-refractivity contribution in [2.24, 2.45) is 0 Å². The molecule has 1 fully saturated rings. The number of alkyl halides is 1. The van der Waals surface area contributed by atoms with E-state index in [2.05, 4.69) is 22.6 Å². The number of esters is 1. The Kier molecular flexibility index (Phi) is 2.80. The van der Waals surface area contributed by atoms with Gasteiger partial charge in [-0.15, -0.1) is 0 Å². The van der Waals surface area contributed by atoms with Gasteiger partial charge in [-0.3, -0.25) is 4.79 Å². The number of fused-ring (bicyclic) bond motifs is 3. The van der Waals surface area contributed by atoms with Crippen molar-refractivity contribution < 1.29 is 18.7 Å². The maximum atomic E-state index is 11.2. The molecule has 1 spiro atoms. The third-order valence-electron chi connectivity index (χ3n) is 3.32. The van der Waals surface area contributed by atoms with E-state index in [1.54, 1.807) is 0 Å². The molecule has 0 aromatic carbocycles. The van der Waals surface area contributed by atoms with Crippen LogP contribution in [0.2, 0.25) is 0 Å². The monoisotopic (exact) mass is 348 g/mol. The van der Waals surface area contributed by atoms with Crippen molar-refractivity contribution in [1.29, 1.82) is 0 Å². The quantitative estimate of drug-likeness (QED) is 0.362. The summed E-state index contributed by atoms with van der Waals surface area (Å²) in [5.41, 5.74) is -0.220. The lowest BCUT2D eigenvalue weighted by molar-refractivity contribution is -0.137. The lowest BCUT2D eigenvalue weighted by atomic mass is 9.79. The van der Waals surface area contributed by atoms with Crippen LogP contribution in [0.25, 0.3) is 0 Å². The van der Waals surface area contributed by atoms with Gasteiger partial charge < -0.3 is 13.9 Å². The van der Waals surface area contributed by atoms with Crippen molar-refractivity contribution in [3.8, 4) is 5.75 Å². The van der Waals surface area contributed by atoms with Crippen LogP contribution < -0.4 is 4.74 Å². The second-order valence-electron chi connectivity index (χ2n) is 4.58. The zero-order chi connectivity index (χ0) is 11.9. The smallest absolute Gasteiger partial charge is 0.306 e. The number of rotatable bonds is 4. The molecule has 2 aliphatic heterocycles. The van der Waals surface area contributed by atoms with E-state index in [-0.39, 0.29) is 11.4 Å². The average molecular weight is 348 g/mol. The fraction of sp³-hybridized carbons (Fsp3) is 0.583. The molecule has 0 saturated carbocycles. The van der Waals surface area contributed by atoms with Gasteiger partial charge in [-0.2, -0.15) is 0 Å². The molecule has 1 aromatic rings. The Morgan fingerprint density at radius 3 is 2.94 bits per heavy atom. The Morgan fingerprint density at radius 1 is 1.47 bits per heavy atom. The molecule has 0 radical (unpaired) electrons. The van der Waals surface area contributed by atoms with Crippen LogP contribution in [0.4, 0.5) is 0 Å². The summed E-state index contributed by atoms with van der Waals surface area (Å²) >= 11 is 2.33. The zero-order valence-corrected chi connectivity index (χ0v) is 11.5. The number of hydrogen-bond donors (Lipinski definition) is 0. The van der Waals surface area contributed by atoms with E-state index in [9.17, 15) is 4.79 Å². The molecule has 0 amide bonds. The highest BCUT2D eigenvalue weighted by molar-refractivity contribution is 14.1. The summed E-state index contributed by atoms with van der Waals surface area (Å²) in [4.78, 5) is 11.2. The summed E-state index contributed by atoms with van der Waals surface area (Å²) in [6.07, 6.45) is 2.21. The van der Waals surface area contributed by atoms with Crippen molar-refractivity contribution in [3.05, 3.63) is 17.6 Å². The third kappa shape index (κ3) is 1.84. The van der Waals surface area contributed by atoms with Crippen molar-refractivity contribution in [2.75, 3.05) is 17.6 Å².